The van der Waals surface area contributed by atoms with Crippen LogP contribution in [0.25, 0.3) is 6.08 Å². The Labute approximate surface area is 160 Å². The lowest BCUT2D eigenvalue weighted by Gasteiger charge is -2.30. The van der Waals surface area contributed by atoms with Gasteiger partial charge in [0, 0.05) is 12.1 Å². The summed E-state index contributed by atoms with van der Waals surface area (Å²) in [6.45, 7) is 3.73. The van der Waals surface area contributed by atoms with Gasteiger partial charge in [-0.2, -0.15) is 0 Å². The number of hydrogen-bond donors (Lipinski definition) is 1. The number of carbonyl (C=O) groups excluding carboxylic acids is 2. The van der Waals surface area contributed by atoms with E-state index in [0.29, 0.717) is 17.4 Å². The summed E-state index contributed by atoms with van der Waals surface area (Å²) in [6, 6.07) is 5.47. The van der Waals surface area contributed by atoms with Crippen LogP contribution in [-0.4, -0.2) is 38.2 Å². The first-order valence-corrected chi connectivity index (χ1v) is 9.35. The lowest BCUT2D eigenvalue weighted by molar-refractivity contribution is -0.150. The highest BCUT2D eigenvalue weighted by Crippen LogP contribution is 2.28. The van der Waals surface area contributed by atoms with Crippen LogP contribution in [0.4, 0.5) is 0 Å². The van der Waals surface area contributed by atoms with Crippen LogP contribution in [0.2, 0.25) is 0 Å². The fraction of sp³-hybridized carbons (Fsp3) is 0.524. The van der Waals surface area contributed by atoms with Crippen molar-refractivity contribution in [3.8, 4) is 11.5 Å². The molecule has 148 valence electrons. The number of nitrogens with one attached hydrogen (secondary N) is 1. The molecule has 0 saturated heterocycles. The smallest absolute Gasteiger partial charge is 0.331 e. The van der Waals surface area contributed by atoms with E-state index in [4.69, 9.17) is 14.2 Å². The molecule has 0 radical (unpaired) electrons. The van der Waals surface area contributed by atoms with Gasteiger partial charge < -0.3 is 19.5 Å². The lowest BCUT2D eigenvalue weighted by atomic mass is 9.86. The average Bonchev–Trinajstić information content (AvgIpc) is 2.67. The Morgan fingerprint density at radius 1 is 1.15 bits per heavy atom. The summed E-state index contributed by atoms with van der Waals surface area (Å²) >= 11 is 0. The van der Waals surface area contributed by atoms with Gasteiger partial charge in [-0.3, -0.25) is 4.79 Å². The number of hydrogen-bond acceptors (Lipinski definition) is 5. The normalized spacial score (nSPS) is 20.7. The fourth-order valence-corrected chi connectivity index (χ4v) is 3.22. The Balaban J connectivity index is 1.88. The van der Waals surface area contributed by atoms with Crippen molar-refractivity contribution in [1.29, 1.82) is 0 Å². The summed E-state index contributed by atoms with van der Waals surface area (Å²) in [7, 11) is 3.11. The average molecular weight is 375 g/mol. The molecular formula is C21H29NO5. The Morgan fingerprint density at radius 2 is 1.85 bits per heavy atom. The summed E-state index contributed by atoms with van der Waals surface area (Å²) in [5, 5.41) is 3.00. The molecule has 0 aromatic heterocycles. The maximum atomic E-state index is 12.3. The van der Waals surface area contributed by atoms with Crippen LogP contribution in [0, 0.1) is 5.92 Å². The van der Waals surface area contributed by atoms with Crippen LogP contribution >= 0.6 is 0 Å². The number of amides is 1. The molecule has 3 atom stereocenters. The first-order valence-electron chi connectivity index (χ1n) is 9.35. The van der Waals surface area contributed by atoms with Crippen LogP contribution in [-0.2, 0) is 14.3 Å². The predicted molar refractivity (Wildman–Crippen MR) is 104 cm³/mol. The van der Waals surface area contributed by atoms with Gasteiger partial charge >= 0.3 is 5.97 Å². The second-order valence-electron chi connectivity index (χ2n) is 6.90. The van der Waals surface area contributed by atoms with E-state index in [2.05, 4.69) is 12.2 Å². The molecule has 2 rings (SSSR count). The summed E-state index contributed by atoms with van der Waals surface area (Å²) in [6.07, 6.45) is 6.50. The Hall–Kier alpha value is -2.50. The van der Waals surface area contributed by atoms with Gasteiger partial charge in [-0.05, 0) is 49.5 Å². The largest absolute Gasteiger partial charge is 0.493 e. The molecule has 0 aliphatic heterocycles. The van der Waals surface area contributed by atoms with Gasteiger partial charge in [0.1, 0.15) is 0 Å². The zero-order valence-electron chi connectivity index (χ0n) is 16.5. The first-order chi connectivity index (χ1) is 12.9. The van der Waals surface area contributed by atoms with E-state index >= 15 is 0 Å². The van der Waals surface area contributed by atoms with Crippen molar-refractivity contribution in [3.63, 3.8) is 0 Å². The number of rotatable bonds is 7. The number of carbonyl (C=O) groups is 2. The van der Waals surface area contributed by atoms with E-state index in [9.17, 15) is 9.59 Å². The SMILES string of the molecule is COc1ccc(/C=C/C(=O)O[C@H](C)C(=O)N[C@H]2CCCC[C@H]2C)cc1OC. The molecule has 1 N–H and O–H groups in total. The highest BCUT2D eigenvalue weighted by atomic mass is 16.5. The van der Waals surface area contributed by atoms with E-state index in [1.165, 1.54) is 12.5 Å². The molecule has 1 aromatic rings. The molecule has 1 aliphatic carbocycles. The minimum Gasteiger partial charge on any atom is -0.493 e. The molecule has 0 bridgehead atoms. The molecule has 1 saturated carbocycles. The predicted octanol–water partition coefficient (Wildman–Crippen LogP) is 3.34. The Bertz CT molecular complexity index is 685. The highest BCUT2D eigenvalue weighted by Gasteiger charge is 2.25. The molecule has 0 spiro atoms. The van der Waals surface area contributed by atoms with Crippen molar-refractivity contribution in [1.82, 2.24) is 5.32 Å². The maximum Gasteiger partial charge on any atom is 0.331 e. The second kappa shape index (κ2) is 10.00. The molecule has 1 amide bonds. The Kier molecular flexibility index (Phi) is 7.70. The zero-order chi connectivity index (χ0) is 19.8. The number of methoxy groups -OCH3 is 2. The molecule has 0 heterocycles. The number of ether oxygens (including phenoxy) is 3. The van der Waals surface area contributed by atoms with Crippen LogP contribution < -0.4 is 14.8 Å². The third kappa shape index (κ3) is 6.01. The van der Waals surface area contributed by atoms with Crippen molar-refractivity contribution >= 4 is 18.0 Å². The summed E-state index contributed by atoms with van der Waals surface area (Å²) in [4.78, 5) is 24.3. The van der Waals surface area contributed by atoms with E-state index in [0.717, 1.165) is 24.8 Å². The van der Waals surface area contributed by atoms with Crippen molar-refractivity contribution in [2.24, 2.45) is 5.92 Å². The van der Waals surface area contributed by atoms with Crippen LogP contribution in [0.15, 0.2) is 24.3 Å². The van der Waals surface area contributed by atoms with Crippen molar-refractivity contribution in [3.05, 3.63) is 29.8 Å². The van der Waals surface area contributed by atoms with Crippen LogP contribution in [0.3, 0.4) is 0 Å². The minimum atomic E-state index is -0.832. The number of benzene rings is 1. The molecule has 27 heavy (non-hydrogen) atoms. The quantitative estimate of drug-likeness (QED) is 0.584. The topological polar surface area (TPSA) is 73.9 Å². The van der Waals surface area contributed by atoms with Gasteiger partial charge in [0.15, 0.2) is 17.6 Å². The summed E-state index contributed by atoms with van der Waals surface area (Å²) in [5.41, 5.74) is 0.762. The molecule has 1 fully saturated rings. The van der Waals surface area contributed by atoms with Crippen molar-refractivity contribution in [2.45, 2.75) is 51.7 Å². The lowest BCUT2D eigenvalue weighted by Crippen LogP contribution is -2.45. The molecular weight excluding hydrogens is 346 g/mol. The van der Waals surface area contributed by atoms with Gasteiger partial charge in [0.05, 0.1) is 14.2 Å². The van der Waals surface area contributed by atoms with Gasteiger partial charge in [-0.25, -0.2) is 4.79 Å². The van der Waals surface area contributed by atoms with Gasteiger partial charge in [0.25, 0.3) is 5.91 Å². The molecule has 1 aromatic carbocycles. The summed E-state index contributed by atoms with van der Waals surface area (Å²) < 4.78 is 15.6. The first kappa shape index (κ1) is 20.8. The maximum absolute atomic E-state index is 12.3. The van der Waals surface area contributed by atoms with Gasteiger partial charge in [-0.15, -0.1) is 0 Å². The highest BCUT2D eigenvalue weighted by molar-refractivity contribution is 5.90. The molecule has 1 aliphatic rings. The van der Waals surface area contributed by atoms with Gasteiger partial charge in [0.2, 0.25) is 0 Å². The Morgan fingerprint density at radius 3 is 2.52 bits per heavy atom. The molecule has 0 unspecified atom stereocenters. The number of esters is 1. The minimum absolute atomic E-state index is 0.162. The standard InChI is InChI=1S/C21H29NO5/c1-14-7-5-6-8-17(14)22-21(24)15(2)27-20(23)12-10-16-9-11-18(25-3)19(13-16)26-4/h9-15,17H,5-8H2,1-4H3,(H,22,24)/b12-10+/t14-,15-,17+/m1/s1. The van der Waals surface area contributed by atoms with Crippen molar-refractivity contribution in [2.75, 3.05) is 14.2 Å². The van der Waals surface area contributed by atoms with E-state index in [1.54, 1.807) is 45.4 Å². The third-order valence-electron chi connectivity index (χ3n) is 4.92. The van der Waals surface area contributed by atoms with Crippen LogP contribution in [0.5, 0.6) is 11.5 Å². The third-order valence-corrected chi connectivity index (χ3v) is 4.92. The summed E-state index contributed by atoms with van der Waals surface area (Å²) in [5.74, 6) is 0.822. The second-order valence-corrected chi connectivity index (χ2v) is 6.90. The monoisotopic (exact) mass is 375 g/mol. The zero-order valence-corrected chi connectivity index (χ0v) is 16.5. The molecule has 6 heteroatoms. The van der Waals surface area contributed by atoms with Crippen molar-refractivity contribution < 1.29 is 23.8 Å². The fourth-order valence-electron chi connectivity index (χ4n) is 3.22. The molecule has 6 nitrogen and oxygen atoms in total. The van der Waals surface area contributed by atoms with E-state index in [-0.39, 0.29) is 11.9 Å². The van der Waals surface area contributed by atoms with Crippen LogP contribution in [0.1, 0.15) is 45.1 Å². The van der Waals surface area contributed by atoms with E-state index < -0.39 is 12.1 Å². The van der Waals surface area contributed by atoms with Gasteiger partial charge in [-0.1, -0.05) is 25.8 Å². The van der Waals surface area contributed by atoms with E-state index in [1.807, 2.05) is 0 Å².